The molecule has 1 nitrogen and oxygen atoms in total. The van der Waals surface area contributed by atoms with Gasteiger partial charge in [0.1, 0.15) is 0 Å². The quantitative estimate of drug-likeness (QED) is 0.550. The first-order chi connectivity index (χ1) is 6.63. The van der Waals surface area contributed by atoms with E-state index >= 15 is 0 Å². The summed E-state index contributed by atoms with van der Waals surface area (Å²) in [5, 5.41) is 0.141. The van der Waals surface area contributed by atoms with Gasteiger partial charge in [0.05, 0.1) is 0 Å². The predicted molar refractivity (Wildman–Crippen MR) is 60.1 cm³/mol. The molecule has 0 heterocycles. The van der Waals surface area contributed by atoms with E-state index in [-0.39, 0.29) is 11.2 Å². The van der Waals surface area contributed by atoms with E-state index in [4.69, 9.17) is 11.6 Å². The lowest BCUT2D eigenvalue weighted by atomic mass is 10.0. The Morgan fingerprint density at radius 3 is 2.36 bits per heavy atom. The van der Waals surface area contributed by atoms with E-state index in [0.717, 1.165) is 12.0 Å². The van der Waals surface area contributed by atoms with Crippen LogP contribution in [0.4, 0.5) is 0 Å². The molecule has 2 heteroatoms. The SMILES string of the molecule is CCC(=O)c1ccc(CC(C)Cl)cc1. The summed E-state index contributed by atoms with van der Waals surface area (Å²) >= 11 is 5.87. The van der Waals surface area contributed by atoms with E-state index in [0.29, 0.717) is 6.42 Å². The Bertz CT molecular complexity index is 301. The second-order valence-corrected chi connectivity index (χ2v) is 4.20. The van der Waals surface area contributed by atoms with Crippen LogP contribution >= 0.6 is 11.6 Å². The molecule has 1 atom stereocenters. The molecule has 1 unspecified atom stereocenters. The average molecular weight is 211 g/mol. The number of hydrogen-bond donors (Lipinski definition) is 0. The van der Waals surface area contributed by atoms with Crippen molar-refractivity contribution in [3.05, 3.63) is 35.4 Å². The highest BCUT2D eigenvalue weighted by Gasteiger charge is 2.03. The standard InChI is InChI=1S/C12H15ClO/c1-3-12(14)11-6-4-10(5-7-11)8-9(2)13/h4-7,9H,3,8H2,1-2H3. The first kappa shape index (κ1) is 11.3. The fourth-order valence-corrected chi connectivity index (χ4v) is 1.53. The molecule has 0 radical (unpaired) electrons. The molecule has 1 aromatic rings. The molecule has 76 valence electrons. The topological polar surface area (TPSA) is 17.1 Å². The Labute approximate surface area is 90.1 Å². The lowest BCUT2D eigenvalue weighted by Gasteiger charge is -2.04. The zero-order chi connectivity index (χ0) is 10.6. The fraction of sp³-hybridized carbons (Fsp3) is 0.417. The molecule has 0 aliphatic rings. The largest absolute Gasteiger partial charge is 0.294 e. The van der Waals surface area contributed by atoms with Gasteiger partial charge in [0.2, 0.25) is 0 Å². The van der Waals surface area contributed by atoms with Crippen LogP contribution in [0, 0.1) is 0 Å². The van der Waals surface area contributed by atoms with Gasteiger partial charge in [0.25, 0.3) is 0 Å². The number of halogens is 1. The maximum atomic E-state index is 11.3. The Hall–Kier alpha value is -0.820. The highest BCUT2D eigenvalue weighted by Crippen LogP contribution is 2.10. The number of ketones is 1. The lowest BCUT2D eigenvalue weighted by Crippen LogP contribution is -1.99. The van der Waals surface area contributed by atoms with Gasteiger partial charge < -0.3 is 0 Å². The number of Topliss-reactive ketones (excluding diaryl/α,β-unsaturated/α-hetero) is 1. The minimum Gasteiger partial charge on any atom is -0.294 e. The van der Waals surface area contributed by atoms with Gasteiger partial charge in [-0.3, -0.25) is 4.79 Å². The van der Waals surface area contributed by atoms with E-state index in [2.05, 4.69) is 0 Å². The van der Waals surface area contributed by atoms with Crippen molar-refractivity contribution in [2.75, 3.05) is 0 Å². The van der Waals surface area contributed by atoms with E-state index in [1.54, 1.807) is 0 Å². The van der Waals surface area contributed by atoms with Gasteiger partial charge in [-0.05, 0) is 18.9 Å². The maximum absolute atomic E-state index is 11.3. The molecule has 0 bridgehead atoms. The van der Waals surface area contributed by atoms with Crippen molar-refractivity contribution >= 4 is 17.4 Å². The van der Waals surface area contributed by atoms with Gasteiger partial charge in [-0.2, -0.15) is 0 Å². The summed E-state index contributed by atoms with van der Waals surface area (Å²) in [4.78, 5) is 11.3. The van der Waals surface area contributed by atoms with Crippen molar-refractivity contribution < 1.29 is 4.79 Å². The molecular formula is C12H15ClO. The minimum atomic E-state index is 0.141. The summed E-state index contributed by atoms with van der Waals surface area (Å²) < 4.78 is 0. The van der Waals surface area contributed by atoms with Crippen LogP contribution in [0.2, 0.25) is 0 Å². The van der Waals surface area contributed by atoms with Crippen LogP contribution in [-0.2, 0) is 6.42 Å². The van der Waals surface area contributed by atoms with E-state index in [1.807, 2.05) is 38.1 Å². The van der Waals surface area contributed by atoms with Crippen LogP contribution in [-0.4, -0.2) is 11.2 Å². The summed E-state index contributed by atoms with van der Waals surface area (Å²) in [7, 11) is 0. The Morgan fingerprint density at radius 2 is 1.93 bits per heavy atom. The first-order valence-corrected chi connectivity index (χ1v) is 5.33. The first-order valence-electron chi connectivity index (χ1n) is 4.89. The Morgan fingerprint density at radius 1 is 1.36 bits per heavy atom. The Balaban J connectivity index is 2.73. The molecular weight excluding hydrogens is 196 g/mol. The molecule has 0 spiro atoms. The summed E-state index contributed by atoms with van der Waals surface area (Å²) in [6.45, 7) is 3.84. The molecule has 0 fully saturated rings. The zero-order valence-electron chi connectivity index (χ0n) is 8.59. The van der Waals surface area contributed by atoms with Crippen molar-refractivity contribution in [1.82, 2.24) is 0 Å². The second kappa shape index (κ2) is 5.16. The number of benzene rings is 1. The van der Waals surface area contributed by atoms with Gasteiger partial charge in [-0.1, -0.05) is 31.2 Å². The van der Waals surface area contributed by atoms with Crippen molar-refractivity contribution in [2.24, 2.45) is 0 Å². The van der Waals surface area contributed by atoms with Crippen LogP contribution in [0.5, 0.6) is 0 Å². The van der Waals surface area contributed by atoms with E-state index in [9.17, 15) is 4.79 Å². The fourth-order valence-electron chi connectivity index (χ4n) is 1.36. The van der Waals surface area contributed by atoms with Crippen LogP contribution in [0.1, 0.15) is 36.2 Å². The van der Waals surface area contributed by atoms with Gasteiger partial charge >= 0.3 is 0 Å². The molecule has 0 saturated heterocycles. The molecule has 0 aliphatic heterocycles. The van der Waals surface area contributed by atoms with Crippen molar-refractivity contribution in [3.8, 4) is 0 Å². The van der Waals surface area contributed by atoms with E-state index < -0.39 is 0 Å². The van der Waals surface area contributed by atoms with Crippen molar-refractivity contribution in [1.29, 1.82) is 0 Å². The van der Waals surface area contributed by atoms with Crippen LogP contribution in [0.3, 0.4) is 0 Å². The van der Waals surface area contributed by atoms with Gasteiger partial charge in [0, 0.05) is 17.4 Å². The molecule has 0 amide bonds. The van der Waals surface area contributed by atoms with Crippen molar-refractivity contribution in [2.45, 2.75) is 32.1 Å². The molecule has 1 rings (SSSR count). The summed E-state index contributed by atoms with van der Waals surface area (Å²) in [5.41, 5.74) is 1.97. The predicted octanol–water partition coefficient (Wildman–Crippen LogP) is 3.45. The zero-order valence-corrected chi connectivity index (χ0v) is 9.34. The van der Waals surface area contributed by atoms with Gasteiger partial charge in [0.15, 0.2) is 5.78 Å². The van der Waals surface area contributed by atoms with Gasteiger partial charge in [-0.25, -0.2) is 0 Å². The van der Waals surface area contributed by atoms with E-state index in [1.165, 1.54) is 5.56 Å². The molecule has 14 heavy (non-hydrogen) atoms. The highest BCUT2D eigenvalue weighted by atomic mass is 35.5. The maximum Gasteiger partial charge on any atom is 0.162 e. The third kappa shape index (κ3) is 3.15. The third-order valence-corrected chi connectivity index (χ3v) is 2.27. The molecule has 0 aromatic heterocycles. The smallest absolute Gasteiger partial charge is 0.162 e. The number of hydrogen-bond acceptors (Lipinski definition) is 1. The second-order valence-electron chi connectivity index (χ2n) is 3.46. The third-order valence-electron chi connectivity index (χ3n) is 2.11. The van der Waals surface area contributed by atoms with Crippen LogP contribution in [0.25, 0.3) is 0 Å². The molecule has 1 aromatic carbocycles. The Kier molecular flexibility index (Phi) is 4.15. The number of carbonyl (C=O) groups excluding carboxylic acids is 1. The highest BCUT2D eigenvalue weighted by molar-refractivity contribution is 6.20. The average Bonchev–Trinajstić information content (AvgIpc) is 2.17. The normalized spacial score (nSPS) is 12.5. The molecule has 0 saturated carbocycles. The van der Waals surface area contributed by atoms with Crippen molar-refractivity contribution in [3.63, 3.8) is 0 Å². The lowest BCUT2D eigenvalue weighted by molar-refractivity contribution is 0.0988. The summed E-state index contributed by atoms with van der Waals surface area (Å²) in [6, 6.07) is 7.70. The minimum absolute atomic E-state index is 0.141. The number of alkyl halides is 1. The van der Waals surface area contributed by atoms with Crippen LogP contribution in [0.15, 0.2) is 24.3 Å². The number of carbonyl (C=O) groups is 1. The van der Waals surface area contributed by atoms with Gasteiger partial charge in [-0.15, -0.1) is 11.6 Å². The molecule has 0 N–H and O–H groups in total. The van der Waals surface area contributed by atoms with Crippen LogP contribution < -0.4 is 0 Å². The summed E-state index contributed by atoms with van der Waals surface area (Å²) in [6.07, 6.45) is 1.41. The molecule has 0 aliphatic carbocycles. The summed E-state index contributed by atoms with van der Waals surface area (Å²) in [5.74, 6) is 0.190. The number of rotatable bonds is 4. The monoisotopic (exact) mass is 210 g/mol.